The van der Waals surface area contributed by atoms with Crippen LogP contribution in [0.15, 0.2) is 12.3 Å². The molecule has 2 N–H and O–H groups in total. The number of pyridine rings is 1. The monoisotopic (exact) mass is 322 g/mol. The summed E-state index contributed by atoms with van der Waals surface area (Å²) in [7, 11) is -0.602. The number of aromatic hydroxyl groups is 1. The highest BCUT2D eigenvalue weighted by molar-refractivity contribution is 6.62. The van der Waals surface area contributed by atoms with Crippen LogP contribution in [0.25, 0.3) is 0 Å². The third kappa shape index (κ3) is 4.84. The summed E-state index contributed by atoms with van der Waals surface area (Å²) in [6, 6.07) is 1.71. The summed E-state index contributed by atoms with van der Waals surface area (Å²) >= 11 is 0. The molecule has 1 fully saturated rings. The maximum absolute atomic E-state index is 11.8. The van der Waals surface area contributed by atoms with Gasteiger partial charge >= 0.3 is 13.2 Å². The summed E-state index contributed by atoms with van der Waals surface area (Å²) in [5.74, 6) is -0.171. The number of hydrogen-bond donors (Lipinski definition) is 2. The maximum Gasteiger partial charge on any atom is 0.495 e. The molecule has 0 spiro atoms. The van der Waals surface area contributed by atoms with E-state index in [-0.39, 0.29) is 12.4 Å². The topological polar surface area (TPSA) is 89.9 Å². The van der Waals surface area contributed by atoms with E-state index in [2.05, 4.69) is 10.3 Å². The predicted molar refractivity (Wildman–Crippen MR) is 85.5 cm³/mol. The van der Waals surface area contributed by atoms with Gasteiger partial charge in [-0.15, -0.1) is 0 Å². The second-order valence-electron chi connectivity index (χ2n) is 7.08. The van der Waals surface area contributed by atoms with Gasteiger partial charge in [0.1, 0.15) is 5.60 Å². The van der Waals surface area contributed by atoms with Crippen molar-refractivity contribution >= 4 is 18.7 Å². The Bertz CT molecular complexity index is 586. The van der Waals surface area contributed by atoms with Crippen molar-refractivity contribution in [1.82, 2.24) is 10.3 Å². The zero-order valence-electron chi connectivity index (χ0n) is 14.2. The minimum atomic E-state index is -0.602. The summed E-state index contributed by atoms with van der Waals surface area (Å²) in [5.41, 5.74) is 0.0885. The molecular weight excluding hydrogens is 299 g/mol. The van der Waals surface area contributed by atoms with Crippen LogP contribution in [-0.4, -0.2) is 41.1 Å². The van der Waals surface area contributed by atoms with Crippen molar-refractivity contribution in [1.29, 1.82) is 0 Å². The highest BCUT2D eigenvalue weighted by Crippen LogP contribution is 2.22. The zero-order chi connectivity index (χ0) is 17.3. The van der Waals surface area contributed by atoms with Gasteiger partial charge in [-0.2, -0.15) is 0 Å². The van der Waals surface area contributed by atoms with Gasteiger partial charge in [0.25, 0.3) is 0 Å². The first-order valence-corrected chi connectivity index (χ1v) is 7.50. The van der Waals surface area contributed by atoms with E-state index in [1.54, 1.807) is 26.8 Å². The average Bonchev–Trinajstić information content (AvgIpc) is 2.75. The largest absolute Gasteiger partial charge is 0.495 e. The molecule has 7 nitrogen and oxygen atoms in total. The molecule has 0 bridgehead atoms. The van der Waals surface area contributed by atoms with Gasteiger partial charge in [0.2, 0.25) is 5.88 Å². The van der Waals surface area contributed by atoms with Gasteiger partial charge in [0.15, 0.2) is 0 Å². The lowest BCUT2D eigenvalue weighted by atomic mass is 9.76. The zero-order valence-corrected chi connectivity index (χ0v) is 14.2. The van der Waals surface area contributed by atoms with Crippen LogP contribution in [0.4, 0.5) is 4.79 Å². The Morgan fingerprint density at radius 3 is 2.78 bits per heavy atom. The Kier molecular flexibility index (Phi) is 4.86. The molecule has 8 heteroatoms. The van der Waals surface area contributed by atoms with E-state index in [1.807, 2.05) is 13.8 Å². The van der Waals surface area contributed by atoms with Crippen LogP contribution in [0.1, 0.15) is 40.2 Å². The molecule has 2 rings (SSSR count). The van der Waals surface area contributed by atoms with Crippen LogP contribution < -0.4 is 10.8 Å². The van der Waals surface area contributed by atoms with Crippen molar-refractivity contribution in [2.45, 2.75) is 52.4 Å². The summed E-state index contributed by atoms with van der Waals surface area (Å²) in [6.45, 7) is 9.69. The summed E-state index contributed by atoms with van der Waals surface area (Å²) in [6.07, 6.45) is 0.903. The van der Waals surface area contributed by atoms with Gasteiger partial charge in [0.05, 0.1) is 18.8 Å². The molecule has 0 aromatic carbocycles. The van der Waals surface area contributed by atoms with Gasteiger partial charge in [-0.25, -0.2) is 9.78 Å². The molecule has 0 unspecified atom stereocenters. The molecule has 1 aliphatic heterocycles. The van der Waals surface area contributed by atoms with Gasteiger partial charge in [0, 0.05) is 11.8 Å². The van der Waals surface area contributed by atoms with E-state index in [0.717, 1.165) is 0 Å². The Hall–Kier alpha value is -1.80. The van der Waals surface area contributed by atoms with E-state index in [9.17, 15) is 9.90 Å². The van der Waals surface area contributed by atoms with E-state index < -0.39 is 24.4 Å². The number of nitrogens with one attached hydrogen (secondary N) is 1. The number of hydrogen-bond acceptors (Lipinski definition) is 6. The normalized spacial score (nSPS) is 17.2. The number of carbonyl (C=O) groups is 1. The number of aromatic nitrogens is 1. The molecule has 1 amide bonds. The average molecular weight is 322 g/mol. The fourth-order valence-corrected chi connectivity index (χ4v) is 2.16. The fraction of sp³-hybridized carbons (Fsp3) is 0.600. The molecule has 0 aliphatic carbocycles. The molecule has 2 heterocycles. The maximum atomic E-state index is 11.8. The third-order valence-electron chi connectivity index (χ3n) is 3.14. The first kappa shape index (κ1) is 17.6. The molecule has 0 saturated carbocycles. The second-order valence-corrected chi connectivity index (χ2v) is 7.08. The SMILES string of the molecule is CC(C)(C)OC(=O)NCc1c(B2OCC(C)(C)O2)ccnc1O. The van der Waals surface area contributed by atoms with E-state index >= 15 is 0 Å². The fourth-order valence-electron chi connectivity index (χ4n) is 2.16. The number of ether oxygens (including phenoxy) is 1. The minimum absolute atomic E-state index is 0.0631. The molecule has 0 atom stereocenters. The lowest BCUT2D eigenvalue weighted by Crippen LogP contribution is -2.39. The second kappa shape index (κ2) is 6.37. The van der Waals surface area contributed by atoms with Crippen molar-refractivity contribution in [3.8, 4) is 5.88 Å². The molecular formula is C15H23BN2O5. The summed E-state index contributed by atoms with van der Waals surface area (Å²) in [4.78, 5) is 15.6. The Morgan fingerprint density at radius 2 is 2.22 bits per heavy atom. The standard InChI is InChI=1S/C15H23BN2O5/c1-14(2,3)22-13(20)18-8-10-11(6-7-17-12(10)19)16-21-9-15(4,5)23-16/h6-7H,8-9H2,1-5H3,(H,17,19)(H,18,20). The number of rotatable bonds is 3. The van der Waals surface area contributed by atoms with Gasteiger partial charge in [-0.05, 0) is 46.1 Å². The smallest absolute Gasteiger partial charge is 0.493 e. The third-order valence-corrected chi connectivity index (χ3v) is 3.14. The van der Waals surface area contributed by atoms with Crippen molar-refractivity contribution < 1.29 is 23.9 Å². The van der Waals surface area contributed by atoms with E-state index in [1.165, 1.54) is 6.20 Å². The highest BCUT2D eigenvalue weighted by Gasteiger charge is 2.40. The molecule has 126 valence electrons. The van der Waals surface area contributed by atoms with Crippen LogP contribution in [-0.2, 0) is 20.6 Å². The van der Waals surface area contributed by atoms with Gasteiger partial charge in [-0.3, -0.25) is 0 Å². The number of amides is 1. The van der Waals surface area contributed by atoms with Crippen LogP contribution in [0.3, 0.4) is 0 Å². The quantitative estimate of drug-likeness (QED) is 0.816. The Balaban J connectivity index is 2.11. The first-order valence-electron chi connectivity index (χ1n) is 7.50. The molecule has 0 radical (unpaired) electrons. The number of alkyl carbamates (subject to hydrolysis) is 1. The lowest BCUT2D eigenvalue weighted by molar-refractivity contribution is 0.0523. The van der Waals surface area contributed by atoms with Crippen LogP contribution in [0.2, 0.25) is 0 Å². The van der Waals surface area contributed by atoms with Crippen molar-refractivity contribution in [2.75, 3.05) is 6.61 Å². The lowest BCUT2D eigenvalue weighted by Gasteiger charge is -2.20. The summed E-state index contributed by atoms with van der Waals surface area (Å²) < 4.78 is 16.6. The molecule has 1 aromatic heterocycles. The van der Waals surface area contributed by atoms with Gasteiger partial charge in [-0.1, -0.05) is 0 Å². The van der Waals surface area contributed by atoms with E-state index in [0.29, 0.717) is 17.6 Å². The predicted octanol–water partition coefficient (Wildman–Crippen LogP) is 1.33. The van der Waals surface area contributed by atoms with Crippen LogP contribution >= 0.6 is 0 Å². The van der Waals surface area contributed by atoms with E-state index in [4.69, 9.17) is 14.0 Å². The number of nitrogens with zero attached hydrogens (tertiary/aromatic N) is 1. The highest BCUT2D eigenvalue weighted by atomic mass is 16.7. The summed E-state index contributed by atoms with van der Waals surface area (Å²) in [5, 5.41) is 12.6. The molecule has 1 aromatic rings. The Labute approximate surface area is 136 Å². The van der Waals surface area contributed by atoms with Gasteiger partial charge < -0.3 is 24.5 Å². The molecule has 1 aliphatic rings. The molecule has 23 heavy (non-hydrogen) atoms. The van der Waals surface area contributed by atoms with Crippen LogP contribution in [0.5, 0.6) is 5.88 Å². The Morgan fingerprint density at radius 1 is 1.52 bits per heavy atom. The minimum Gasteiger partial charge on any atom is -0.493 e. The molecule has 1 saturated heterocycles. The van der Waals surface area contributed by atoms with Crippen molar-refractivity contribution in [2.24, 2.45) is 0 Å². The number of carbonyl (C=O) groups excluding carboxylic acids is 1. The van der Waals surface area contributed by atoms with Crippen LogP contribution in [0, 0.1) is 0 Å². The van der Waals surface area contributed by atoms with Crippen molar-refractivity contribution in [3.05, 3.63) is 17.8 Å². The first-order chi connectivity index (χ1) is 10.6. The van der Waals surface area contributed by atoms with Crippen molar-refractivity contribution in [3.63, 3.8) is 0 Å².